The number of carbonyl (C=O) groups excluding carboxylic acids is 4. The monoisotopic (exact) mass is 1350 g/mol. The molecule has 0 saturated carbocycles. The maximum atomic E-state index is 13.1. The van der Waals surface area contributed by atoms with Crippen molar-refractivity contribution >= 4 is 39.5 Å². The fourth-order valence-electron chi connectivity index (χ4n) is 11.1. The average molecular weight is 1350 g/mol. The van der Waals surface area contributed by atoms with Gasteiger partial charge < -0.3 is 33.8 Å². The van der Waals surface area contributed by atoms with E-state index in [9.17, 15) is 43.2 Å². The summed E-state index contributed by atoms with van der Waals surface area (Å²) in [4.78, 5) is 72.3. The minimum atomic E-state index is -4.95. The Labute approximate surface area is 562 Å². The highest BCUT2D eigenvalue weighted by molar-refractivity contribution is 7.47. The number of aliphatic hydroxyl groups excluding tert-OH is 1. The van der Waals surface area contributed by atoms with E-state index in [1.165, 1.54) is 186 Å². The van der Waals surface area contributed by atoms with Gasteiger partial charge in [-0.25, -0.2) is 9.13 Å². The summed E-state index contributed by atoms with van der Waals surface area (Å²) in [6.45, 7) is 9.43. The van der Waals surface area contributed by atoms with E-state index in [0.717, 1.165) is 108 Å². The molecule has 0 rings (SSSR count). The van der Waals surface area contributed by atoms with Crippen LogP contribution in [0.25, 0.3) is 0 Å². The number of esters is 4. The van der Waals surface area contributed by atoms with E-state index in [0.29, 0.717) is 25.7 Å². The molecule has 0 aromatic rings. The van der Waals surface area contributed by atoms with Crippen LogP contribution in [0, 0.1) is 11.8 Å². The third-order valence-corrected chi connectivity index (χ3v) is 19.2. The summed E-state index contributed by atoms with van der Waals surface area (Å²) >= 11 is 0. The molecule has 0 fully saturated rings. The molecular weight excluding hydrogens is 1210 g/mol. The highest BCUT2D eigenvalue weighted by Crippen LogP contribution is 2.45. The molecule has 6 atom stereocenters. The van der Waals surface area contributed by atoms with Gasteiger partial charge in [-0.1, -0.05) is 324 Å². The van der Waals surface area contributed by atoms with Crippen LogP contribution in [0.4, 0.5) is 0 Å². The standard InChI is InChI=1S/C73H142O17P2/c1-7-10-12-14-15-16-17-18-19-20-21-22-23-24-25-26-27-32-35-38-45-51-57-72(77)89-69(62-84-71(76)56-50-44-37-34-31-29-28-30-33-36-42-47-53-65(4)5)64-88-92(81,82)86-60-67(74)59-85-91(79,80)87-63-68(61-83-70(75)55-49-41-13-11-8-2)90-73(78)58-52-46-40-39-43-48-54-66(6)9-3/h65-69,74H,7-64H2,1-6H3,(H,79,80)(H,81,82)/t66?,67-,68+,69+/m0/s1. The van der Waals surface area contributed by atoms with Crippen LogP contribution in [0.15, 0.2) is 0 Å². The summed E-state index contributed by atoms with van der Waals surface area (Å²) in [5, 5.41) is 10.6. The average Bonchev–Trinajstić information content (AvgIpc) is 1.59. The molecule has 0 bridgehead atoms. The Bertz CT molecular complexity index is 1790. The fraction of sp³-hybridized carbons (Fsp3) is 0.945. The van der Waals surface area contributed by atoms with Gasteiger partial charge in [0.1, 0.15) is 19.3 Å². The van der Waals surface area contributed by atoms with Crippen molar-refractivity contribution in [3.8, 4) is 0 Å². The Morgan fingerprint density at radius 1 is 0.315 bits per heavy atom. The van der Waals surface area contributed by atoms with E-state index in [-0.39, 0.29) is 25.7 Å². The Hall–Kier alpha value is -1.94. The highest BCUT2D eigenvalue weighted by atomic mass is 31.2. The smallest absolute Gasteiger partial charge is 0.462 e. The summed E-state index contributed by atoms with van der Waals surface area (Å²) in [7, 11) is -9.89. The van der Waals surface area contributed by atoms with Crippen molar-refractivity contribution in [2.45, 2.75) is 394 Å². The number of ether oxygens (including phenoxy) is 4. The Balaban J connectivity index is 5.10. The van der Waals surface area contributed by atoms with Crippen molar-refractivity contribution in [2.24, 2.45) is 11.8 Å². The van der Waals surface area contributed by atoms with Crippen molar-refractivity contribution in [1.82, 2.24) is 0 Å². The molecule has 19 heteroatoms. The first-order valence-corrected chi connectivity index (χ1v) is 41.0. The molecule has 0 aromatic carbocycles. The lowest BCUT2D eigenvalue weighted by Crippen LogP contribution is -2.30. The molecule has 0 aliphatic rings. The van der Waals surface area contributed by atoms with E-state index in [1.807, 2.05) is 0 Å². The molecule has 0 radical (unpaired) electrons. The number of hydrogen-bond donors (Lipinski definition) is 3. The largest absolute Gasteiger partial charge is 0.472 e. The van der Waals surface area contributed by atoms with Crippen LogP contribution < -0.4 is 0 Å². The van der Waals surface area contributed by atoms with Crippen LogP contribution in [0.5, 0.6) is 0 Å². The fourth-order valence-corrected chi connectivity index (χ4v) is 12.7. The number of phosphoric acid groups is 2. The van der Waals surface area contributed by atoms with Crippen LogP contribution in [-0.4, -0.2) is 96.7 Å². The second-order valence-electron chi connectivity index (χ2n) is 27.1. The summed E-state index contributed by atoms with van der Waals surface area (Å²) in [5.41, 5.74) is 0. The Morgan fingerprint density at radius 2 is 0.554 bits per heavy atom. The van der Waals surface area contributed by atoms with E-state index in [4.69, 9.17) is 37.0 Å². The molecule has 546 valence electrons. The summed E-state index contributed by atoms with van der Waals surface area (Å²) in [5.74, 6) is -0.634. The third kappa shape index (κ3) is 65.4. The van der Waals surface area contributed by atoms with Gasteiger partial charge in [0.25, 0.3) is 0 Å². The zero-order valence-electron chi connectivity index (χ0n) is 59.9. The van der Waals surface area contributed by atoms with Gasteiger partial charge in [0.05, 0.1) is 26.4 Å². The summed E-state index contributed by atoms with van der Waals surface area (Å²) in [6, 6.07) is 0. The van der Waals surface area contributed by atoms with Crippen LogP contribution in [-0.2, 0) is 65.4 Å². The highest BCUT2D eigenvalue weighted by Gasteiger charge is 2.30. The number of aliphatic hydroxyl groups is 1. The topological polar surface area (TPSA) is 237 Å². The van der Waals surface area contributed by atoms with Crippen molar-refractivity contribution in [3.63, 3.8) is 0 Å². The molecule has 0 saturated heterocycles. The van der Waals surface area contributed by atoms with Gasteiger partial charge in [-0.05, 0) is 37.5 Å². The second kappa shape index (κ2) is 65.0. The number of hydrogen-bond acceptors (Lipinski definition) is 15. The molecule has 92 heavy (non-hydrogen) atoms. The van der Waals surface area contributed by atoms with Crippen molar-refractivity contribution in [3.05, 3.63) is 0 Å². The lowest BCUT2D eigenvalue weighted by atomic mass is 10.00. The van der Waals surface area contributed by atoms with Crippen LogP contribution in [0.3, 0.4) is 0 Å². The SMILES string of the molecule is CCCCCCCCCCCCCCCCCCCCCCCCC(=O)O[C@H](COC(=O)CCCCCCCCCCCCCCC(C)C)COP(=O)(O)OC[C@@H](O)COP(=O)(O)OC[C@@H](COC(=O)CCCCCCC)OC(=O)CCCCCCCCC(C)CC. The second-order valence-corrected chi connectivity index (χ2v) is 30.0. The Morgan fingerprint density at radius 3 is 0.826 bits per heavy atom. The molecule has 3 N–H and O–H groups in total. The predicted molar refractivity (Wildman–Crippen MR) is 372 cm³/mol. The zero-order valence-corrected chi connectivity index (χ0v) is 61.6. The first-order chi connectivity index (χ1) is 44.4. The normalized spacial score (nSPS) is 14.4. The van der Waals surface area contributed by atoms with E-state index in [1.54, 1.807) is 0 Å². The lowest BCUT2D eigenvalue weighted by molar-refractivity contribution is -0.161. The first-order valence-electron chi connectivity index (χ1n) is 38.0. The van der Waals surface area contributed by atoms with Gasteiger partial charge in [0.2, 0.25) is 0 Å². The van der Waals surface area contributed by atoms with Crippen molar-refractivity contribution in [2.75, 3.05) is 39.6 Å². The van der Waals surface area contributed by atoms with Crippen molar-refractivity contribution in [1.29, 1.82) is 0 Å². The number of carbonyl (C=O) groups is 4. The quantitative estimate of drug-likeness (QED) is 0.0222. The number of rotatable bonds is 72. The lowest BCUT2D eigenvalue weighted by Gasteiger charge is -2.21. The molecular formula is C73H142O17P2. The van der Waals surface area contributed by atoms with Crippen molar-refractivity contribution < 1.29 is 80.2 Å². The maximum Gasteiger partial charge on any atom is 0.472 e. The molecule has 0 aliphatic carbocycles. The molecule has 0 heterocycles. The van der Waals surface area contributed by atoms with Gasteiger partial charge >= 0.3 is 39.5 Å². The minimum absolute atomic E-state index is 0.102. The number of phosphoric ester groups is 2. The maximum absolute atomic E-state index is 13.1. The van der Waals surface area contributed by atoms with Gasteiger partial charge in [-0.2, -0.15) is 0 Å². The molecule has 0 amide bonds. The first kappa shape index (κ1) is 90.1. The molecule has 3 unspecified atom stereocenters. The van der Waals surface area contributed by atoms with Crippen LogP contribution in [0.1, 0.15) is 375 Å². The molecule has 17 nitrogen and oxygen atoms in total. The molecule has 0 aliphatic heterocycles. The zero-order chi connectivity index (χ0) is 67.9. The van der Waals surface area contributed by atoms with Crippen LogP contribution >= 0.6 is 15.6 Å². The van der Waals surface area contributed by atoms with Gasteiger partial charge in [-0.3, -0.25) is 37.3 Å². The van der Waals surface area contributed by atoms with Gasteiger partial charge in [0.15, 0.2) is 12.2 Å². The van der Waals surface area contributed by atoms with Crippen LogP contribution in [0.2, 0.25) is 0 Å². The summed E-state index contributed by atoms with van der Waals surface area (Å²) < 4.78 is 68.1. The summed E-state index contributed by atoms with van der Waals surface area (Å²) in [6.07, 6.45) is 52.0. The minimum Gasteiger partial charge on any atom is -0.462 e. The van der Waals surface area contributed by atoms with Gasteiger partial charge in [0, 0.05) is 25.7 Å². The molecule has 0 aromatic heterocycles. The van der Waals surface area contributed by atoms with Gasteiger partial charge in [-0.15, -0.1) is 0 Å². The Kier molecular flexibility index (Phi) is 63.7. The predicted octanol–water partition coefficient (Wildman–Crippen LogP) is 21.2. The molecule has 0 spiro atoms. The van der Waals surface area contributed by atoms with E-state index >= 15 is 0 Å². The van der Waals surface area contributed by atoms with E-state index < -0.39 is 97.5 Å². The third-order valence-electron chi connectivity index (χ3n) is 17.3. The van der Waals surface area contributed by atoms with E-state index in [2.05, 4.69) is 41.5 Å². The number of unbranched alkanes of at least 4 members (excludes halogenated alkanes) is 41.